The molecule has 9 nitrogen and oxygen atoms in total. The van der Waals surface area contributed by atoms with Crippen LogP contribution in [0.25, 0.3) is 10.6 Å². The van der Waals surface area contributed by atoms with E-state index in [1.165, 1.54) is 17.7 Å². The number of hydrogen-bond acceptors (Lipinski definition) is 11. The summed E-state index contributed by atoms with van der Waals surface area (Å²) in [6.07, 6.45) is 6.28. The van der Waals surface area contributed by atoms with Gasteiger partial charge in [0.1, 0.15) is 16.5 Å². The van der Waals surface area contributed by atoms with Crippen molar-refractivity contribution in [2.75, 3.05) is 44.2 Å². The summed E-state index contributed by atoms with van der Waals surface area (Å²) in [4.78, 5) is 48.1. The number of aromatic nitrogens is 3. The van der Waals surface area contributed by atoms with Crippen molar-refractivity contribution in [3.05, 3.63) is 44.4 Å². The summed E-state index contributed by atoms with van der Waals surface area (Å²) in [5.74, 6) is 0.508. The number of likely N-dealkylation sites (tertiary alicyclic amines) is 1. The number of rotatable bonds is 11. The van der Waals surface area contributed by atoms with E-state index in [9.17, 15) is 9.59 Å². The van der Waals surface area contributed by atoms with Gasteiger partial charge in [0, 0.05) is 55.1 Å². The predicted octanol–water partition coefficient (Wildman–Crippen LogP) is 5.19. The number of nitrogens with zero attached hydrogens (tertiary/aromatic N) is 6. The van der Waals surface area contributed by atoms with Crippen LogP contribution in [-0.2, 0) is 22.5 Å². The smallest absolute Gasteiger partial charge is 0.307 e. The van der Waals surface area contributed by atoms with Crippen LogP contribution in [0.5, 0.6) is 0 Å². The largest absolute Gasteiger partial charge is 0.466 e. The quantitative estimate of drug-likeness (QED) is 0.213. The Hall–Kier alpha value is -2.44. The standard InChI is InChI=1S/C29H37ClN6O3S2/c1-4-39-28(38)7-9-34-10-11-36(16-20(34)3)26-15-31-22(14-32-26)23(37)13-27-33-29(24-12-21(30)18-40-24)25(41-27)17-35-8-5-6-19(35)2/h12,14-15,18-20H,4-11,13,16-17H2,1-3H3/t19-,20+/m1/s1. The predicted molar refractivity (Wildman–Crippen MR) is 164 cm³/mol. The molecule has 220 valence electrons. The Balaban J connectivity index is 1.21. The molecule has 0 spiro atoms. The molecule has 5 heterocycles. The van der Waals surface area contributed by atoms with E-state index in [0.29, 0.717) is 36.3 Å². The van der Waals surface area contributed by atoms with Gasteiger partial charge in [-0.1, -0.05) is 11.6 Å². The van der Waals surface area contributed by atoms with E-state index in [0.717, 1.165) is 54.1 Å². The number of hydrogen-bond donors (Lipinski definition) is 0. The van der Waals surface area contributed by atoms with Gasteiger partial charge < -0.3 is 9.64 Å². The molecule has 0 saturated carbocycles. The molecule has 2 saturated heterocycles. The molecule has 41 heavy (non-hydrogen) atoms. The lowest BCUT2D eigenvalue weighted by molar-refractivity contribution is -0.143. The highest BCUT2D eigenvalue weighted by molar-refractivity contribution is 7.15. The van der Waals surface area contributed by atoms with Gasteiger partial charge >= 0.3 is 5.97 Å². The Labute approximate surface area is 254 Å². The first kappa shape index (κ1) is 30.0. The molecule has 12 heteroatoms. The second-order valence-electron chi connectivity index (χ2n) is 10.7. The van der Waals surface area contributed by atoms with Gasteiger partial charge in [0.25, 0.3) is 0 Å². The van der Waals surface area contributed by atoms with Crippen molar-refractivity contribution in [2.24, 2.45) is 0 Å². The summed E-state index contributed by atoms with van der Waals surface area (Å²) in [7, 11) is 0. The summed E-state index contributed by atoms with van der Waals surface area (Å²) in [6, 6.07) is 2.76. The van der Waals surface area contributed by atoms with E-state index in [4.69, 9.17) is 21.3 Å². The third-order valence-corrected chi connectivity index (χ3v) is 10.1. The number of piperazine rings is 1. The zero-order chi connectivity index (χ0) is 28.9. The highest BCUT2D eigenvalue weighted by atomic mass is 35.5. The number of ether oxygens (including phenoxy) is 1. The molecule has 3 aromatic rings. The number of carbonyl (C=O) groups excluding carboxylic acids is 2. The molecule has 2 aliphatic rings. The van der Waals surface area contributed by atoms with Crippen LogP contribution in [0.1, 0.15) is 60.4 Å². The third kappa shape index (κ3) is 7.50. The number of thiazole rings is 1. The van der Waals surface area contributed by atoms with Crippen molar-refractivity contribution in [2.45, 2.75) is 65.1 Å². The van der Waals surface area contributed by atoms with Gasteiger partial charge in [-0.2, -0.15) is 0 Å². The first-order valence-electron chi connectivity index (χ1n) is 14.3. The molecule has 2 fully saturated rings. The van der Waals surface area contributed by atoms with E-state index in [2.05, 4.69) is 38.5 Å². The SMILES string of the molecule is CCOC(=O)CCN1CCN(c2cnc(C(=O)Cc3nc(-c4cc(Cl)cs4)c(CN4CCC[C@H]4C)s3)cn2)C[C@@H]1C. The molecular weight excluding hydrogens is 580 g/mol. The summed E-state index contributed by atoms with van der Waals surface area (Å²) >= 11 is 9.42. The van der Waals surface area contributed by atoms with Gasteiger partial charge in [-0.25, -0.2) is 15.0 Å². The van der Waals surface area contributed by atoms with Crippen LogP contribution in [0.2, 0.25) is 5.02 Å². The Bertz CT molecular complexity index is 1350. The van der Waals surface area contributed by atoms with E-state index in [1.54, 1.807) is 35.1 Å². The van der Waals surface area contributed by atoms with E-state index in [-0.39, 0.29) is 24.2 Å². The average Bonchev–Trinajstić information content (AvgIpc) is 3.68. The number of thiophene rings is 1. The molecule has 0 unspecified atom stereocenters. The minimum Gasteiger partial charge on any atom is -0.466 e. The van der Waals surface area contributed by atoms with Crippen molar-refractivity contribution >= 4 is 51.8 Å². The Morgan fingerprint density at radius 3 is 2.63 bits per heavy atom. The molecule has 2 aliphatic heterocycles. The Morgan fingerprint density at radius 1 is 1.12 bits per heavy atom. The molecule has 0 aliphatic carbocycles. The van der Waals surface area contributed by atoms with Crippen LogP contribution in [-0.4, -0.2) is 87.9 Å². The first-order valence-corrected chi connectivity index (χ1v) is 16.3. The summed E-state index contributed by atoms with van der Waals surface area (Å²) < 4.78 is 5.05. The fourth-order valence-corrected chi connectivity index (χ4v) is 7.75. The zero-order valence-corrected chi connectivity index (χ0v) is 26.2. The maximum absolute atomic E-state index is 13.2. The minimum atomic E-state index is -0.157. The molecule has 0 N–H and O–H groups in total. The topological polar surface area (TPSA) is 91.8 Å². The third-order valence-electron chi connectivity index (χ3n) is 7.81. The molecule has 3 aromatic heterocycles. The molecule has 0 bridgehead atoms. The van der Waals surface area contributed by atoms with E-state index in [1.807, 2.05) is 18.4 Å². The Kier molecular flexibility index (Phi) is 10.0. The molecular formula is C29H37ClN6O3S2. The second-order valence-corrected chi connectivity index (χ2v) is 13.2. The van der Waals surface area contributed by atoms with Crippen molar-refractivity contribution in [1.82, 2.24) is 24.8 Å². The van der Waals surface area contributed by atoms with E-state index >= 15 is 0 Å². The van der Waals surface area contributed by atoms with Gasteiger partial charge in [-0.15, -0.1) is 22.7 Å². The number of halogens is 1. The fourth-order valence-electron chi connectivity index (χ4n) is 5.49. The maximum atomic E-state index is 13.2. The molecule has 5 rings (SSSR count). The zero-order valence-electron chi connectivity index (χ0n) is 23.8. The number of esters is 1. The number of Topliss-reactive ketones (excluding diaryl/α,β-unsaturated/α-hetero) is 1. The van der Waals surface area contributed by atoms with E-state index < -0.39 is 0 Å². The van der Waals surface area contributed by atoms with Gasteiger partial charge in [0.2, 0.25) is 0 Å². The van der Waals surface area contributed by atoms with Crippen molar-refractivity contribution < 1.29 is 14.3 Å². The van der Waals surface area contributed by atoms with Gasteiger partial charge in [-0.3, -0.25) is 19.4 Å². The van der Waals surface area contributed by atoms with Crippen molar-refractivity contribution in [1.29, 1.82) is 0 Å². The van der Waals surface area contributed by atoms with Gasteiger partial charge in [0.15, 0.2) is 5.78 Å². The molecule has 0 radical (unpaired) electrons. The summed E-state index contributed by atoms with van der Waals surface area (Å²) in [5, 5.41) is 3.42. The monoisotopic (exact) mass is 616 g/mol. The molecule has 0 amide bonds. The number of anilines is 1. The summed E-state index contributed by atoms with van der Waals surface area (Å²) in [5.41, 5.74) is 1.28. The van der Waals surface area contributed by atoms with Crippen LogP contribution < -0.4 is 4.90 Å². The highest BCUT2D eigenvalue weighted by Gasteiger charge is 2.27. The van der Waals surface area contributed by atoms with Crippen LogP contribution >= 0.6 is 34.3 Å². The lowest BCUT2D eigenvalue weighted by Gasteiger charge is -2.40. The first-order chi connectivity index (χ1) is 19.8. The number of ketones is 1. The van der Waals surface area contributed by atoms with Gasteiger partial charge in [0.05, 0.1) is 47.4 Å². The van der Waals surface area contributed by atoms with Crippen molar-refractivity contribution in [3.63, 3.8) is 0 Å². The average molecular weight is 617 g/mol. The van der Waals surface area contributed by atoms with Crippen molar-refractivity contribution in [3.8, 4) is 10.6 Å². The summed E-state index contributed by atoms with van der Waals surface area (Å²) in [6.45, 7) is 11.6. The normalized spacial score (nSPS) is 20.0. The van der Waals surface area contributed by atoms with Gasteiger partial charge in [-0.05, 0) is 46.2 Å². The lowest BCUT2D eigenvalue weighted by Crippen LogP contribution is -2.52. The highest BCUT2D eigenvalue weighted by Crippen LogP contribution is 2.36. The molecule has 0 aromatic carbocycles. The van der Waals surface area contributed by atoms with Crippen LogP contribution in [0.4, 0.5) is 5.82 Å². The van der Waals surface area contributed by atoms with Crippen LogP contribution in [0.3, 0.4) is 0 Å². The molecule has 2 atom stereocenters. The van der Waals surface area contributed by atoms with Crippen LogP contribution in [0.15, 0.2) is 23.8 Å². The fraction of sp³-hybridized carbons (Fsp3) is 0.552. The number of carbonyl (C=O) groups is 2. The minimum absolute atomic E-state index is 0.0909. The maximum Gasteiger partial charge on any atom is 0.307 e. The lowest BCUT2D eigenvalue weighted by atomic mass is 10.2. The Morgan fingerprint density at radius 2 is 1.98 bits per heavy atom. The van der Waals surface area contributed by atoms with Crippen LogP contribution in [0, 0.1) is 0 Å². The second kappa shape index (κ2) is 13.7.